The zero-order valence-electron chi connectivity index (χ0n) is 22.5. The number of halogens is 6. The molecule has 0 aromatic heterocycles. The molecule has 2 aromatic carbocycles. The zero-order chi connectivity index (χ0) is 30.7. The molecule has 1 fully saturated rings. The third-order valence-corrected chi connectivity index (χ3v) is 7.55. The van der Waals surface area contributed by atoms with E-state index >= 15 is 0 Å². The highest BCUT2D eigenvalue weighted by atomic mass is 32.2. The van der Waals surface area contributed by atoms with Gasteiger partial charge in [-0.2, -0.15) is 31.3 Å². The Bertz CT molecular complexity index is 1410. The van der Waals surface area contributed by atoms with Crippen LogP contribution in [0.5, 0.6) is 11.5 Å². The van der Waals surface area contributed by atoms with Gasteiger partial charge in [-0.3, -0.25) is 4.79 Å². The van der Waals surface area contributed by atoms with Crippen molar-refractivity contribution >= 4 is 34.9 Å². The fourth-order valence-electron chi connectivity index (χ4n) is 4.51. The highest BCUT2D eigenvalue weighted by molar-refractivity contribution is 8.18. The number of carbonyl (C=O) groups excluding carboxylic acids is 2. The molecule has 4 rings (SSSR count). The number of ether oxygens (including phenoxy) is 3. The first-order valence-electron chi connectivity index (χ1n) is 12.9. The molecule has 1 atom stereocenters. The number of aliphatic imine (C=N–C) groups is 1. The molecule has 226 valence electrons. The monoisotopic (exact) mass is 616 g/mol. The zero-order valence-corrected chi connectivity index (χ0v) is 23.3. The first-order valence-corrected chi connectivity index (χ1v) is 13.7. The molecule has 2 aromatic rings. The summed E-state index contributed by atoms with van der Waals surface area (Å²) in [5.74, 6) is -0.700. The van der Waals surface area contributed by atoms with Gasteiger partial charge in [-0.05, 0) is 73.9 Å². The van der Waals surface area contributed by atoms with Crippen LogP contribution in [0.3, 0.4) is 0 Å². The van der Waals surface area contributed by atoms with E-state index in [1.807, 2.05) is 0 Å². The van der Waals surface area contributed by atoms with Crippen LogP contribution in [0.25, 0.3) is 6.08 Å². The van der Waals surface area contributed by atoms with E-state index in [0.29, 0.717) is 29.8 Å². The van der Waals surface area contributed by atoms with E-state index in [2.05, 4.69) is 4.99 Å². The summed E-state index contributed by atoms with van der Waals surface area (Å²) in [6, 6.07) is 5.26. The summed E-state index contributed by atoms with van der Waals surface area (Å²) in [5, 5.41) is 0.396. The maximum atomic E-state index is 13.5. The van der Waals surface area contributed by atoms with Crippen LogP contribution < -0.4 is 9.47 Å². The van der Waals surface area contributed by atoms with Crippen molar-refractivity contribution in [1.82, 2.24) is 4.90 Å². The Morgan fingerprint density at radius 2 is 1.83 bits per heavy atom. The maximum absolute atomic E-state index is 13.5. The van der Waals surface area contributed by atoms with Crippen LogP contribution in [0.15, 0.2) is 46.3 Å². The molecular weight excluding hydrogens is 590 g/mol. The number of esters is 1. The Labute approximate surface area is 241 Å². The molecule has 2 aliphatic rings. The van der Waals surface area contributed by atoms with E-state index in [0.717, 1.165) is 30.7 Å². The van der Waals surface area contributed by atoms with Crippen molar-refractivity contribution in [1.29, 1.82) is 0 Å². The van der Waals surface area contributed by atoms with Crippen LogP contribution in [0.4, 0.5) is 26.3 Å². The molecule has 1 amide bonds. The van der Waals surface area contributed by atoms with Gasteiger partial charge in [0.15, 0.2) is 16.7 Å². The van der Waals surface area contributed by atoms with Crippen LogP contribution in [0.2, 0.25) is 0 Å². The number of carbonyl (C=O) groups is 2. The number of rotatable bonds is 7. The number of amidine groups is 1. The van der Waals surface area contributed by atoms with Gasteiger partial charge in [-0.15, -0.1) is 0 Å². The topological polar surface area (TPSA) is 77.4 Å². The minimum absolute atomic E-state index is 0.0422. The molecule has 0 N–H and O–H groups in total. The second-order valence-corrected chi connectivity index (χ2v) is 10.3. The van der Waals surface area contributed by atoms with Gasteiger partial charge in [0.25, 0.3) is 5.91 Å². The summed E-state index contributed by atoms with van der Waals surface area (Å²) in [6.45, 7) is 1.83. The van der Waals surface area contributed by atoms with Crippen LogP contribution >= 0.6 is 11.8 Å². The van der Waals surface area contributed by atoms with E-state index in [9.17, 15) is 35.9 Å². The Morgan fingerprint density at radius 3 is 2.50 bits per heavy atom. The SMILES string of the molecule is CCOC(=O)C1CCCCN1C1=NC(=O)/C(=C/c2ccc(OCc3ccc(C(F)(F)F)cc3C(F)(F)F)c(OC)c2)S1. The second kappa shape index (κ2) is 12.7. The van der Waals surface area contributed by atoms with Crippen molar-refractivity contribution in [2.75, 3.05) is 20.3 Å². The van der Waals surface area contributed by atoms with Gasteiger partial charge < -0.3 is 19.1 Å². The van der Waals surface area contributed by atoms with E-state index in [1.165, 1.54) is 25.3 Å². The van der Waals surface area contributed by atoms with Gasteiger partial charge in [0.2, 0.25) is 0 Å². The highest BCUT2D eigenvalue weighted by Gasteiger charge is 2.39. The maximum Gasteiger partial charge on any atom is 0.416 e. The molecule has 0 spiro atoms. The summed E-state index contributed by atoms with van der Waals surface area (Å²) >= 11 is 1.11. The minimum atomic E-state index is -5.03. The molecular formula is C28H26F6N2O5S. The first kappa shape index (κ1) is 31.3. The Morgan fingerprint density at radius 1 is 1.07 bits per heavy atom. The van der Waals surface area contributed by atoms with Crippen molar-refractivity contribution in [3.63, 3.8) is 0 Å². The number of nitrogens with zero attached hydrogens (tertiary/aromatic N) is 2. The third-order valence-electron chi connectivity index (χ3n) is 6.53. The fourth-order valence-corrected chi connectivity index (χ4v) is 5.50. The summed E-state index contributed by atoms with van der Waals surface area (Å²) < 4.78 is 95.3. The Hall–Kier alpha value is -3.68. The van der Waals surface area contributed by atoms with Crippen LogP contribution in [-0.4, -0.2) is 48.2 Å². The van der Waals surface area contributed by atoms with Crippen molar-refractivity contribution < 1.29 is 50.1 Å². The van der Waals surface area contributed by atoms with Crippen LogP contribution in [0, 0.1) is 0 Å². The molecule has 0 aliphatic carbocycles. The normalized spacial score (nSPS) is 18.7. The number of methoxy groups -OCH3 is 1. The highest BCUT2D eigenvalue weighted by Crippen LogP contribution is 2.39. The standard InChI is InChI=1S/C28H26F6N2O5S/c1-3-40-25(38)20-6-4-5-11-36(20)26-35-24(37)23(42-26)13-16-7-10-21(22(12-16)39-2)41-15-17-8-9-18(27(29,30)31)14-19(17)28(32,33)34/h7-10,12-14,20H,3-6,11,15H2,1-2H3/b23-13-. The van der Waals surface area contributed by atoms with Crippen LogP contribution in [-0.2, 0) is 33.3 Å². The molecule has 2 heterocycles. The molecule has 0 bridgehead atoms. The van der Waals surface area contributed by atoms with Crippen molar-refractivity contribution in [2.24, 2.45) is 4.99 Å². The van der Waals surface area contributed by atoms with Gasteiger partial charge in [0.1, 0.15) is 12.6 Å². The van der Waals surface area contributed by atoms with E-state index in [4.69, 9.17) is 14.2 Å². The lowest BCUT2D eigenvalue weighted by Gasteiger charge is -2.34. The molecule has 1 unspecified atom stereocenters. The average molecular weight is 617 g/mol. The summed E-state index contributed by atoms with van der Waals surface area (Å²) in [6.07, 6.45) is -6.15. The quantitative estimate of drug-likeness (QED) is 0.195. The Kier molecular flexibility index (Phi) is 9.43. The van der Waals surface area contributed by atoms with Crippen molar-refractivity contribution in [3.05, 3.63) is 63.6 Å². The second-order valence-electron chi connectivity index (χ2n) is 9.33. The molecule has 2 aliphatic heterocycles. The molecule has 0 saturated carbocycles. The number of hydrogen-bond donors (Lipinski definition) is 0. The molecule has 42 heavy (non-hydrogen) atoms. The number of benzene rings is 2. The summed E-state index contributed by atoms with van der Waals surface area (Å²) in [7, 11) is 1.31. The van der Waals surface area contributed by atoms with E-state index in [1.54, 1.807) is 17.9 Å². The molecule has 0 radical (unpaired) electrons. The summed E-state index contributed by atoms with van der Waals surface area (Å²) in [5.41, 5.74) is -2.86. The number of hydrogen-bond acceptors (Lipinski definition) is 7. The number of alkyl halides is 6. The predicted molar refractivity (Wildman–Crippen MR) is 143 cm³/mol. The lowest BCUT2D eigenvalue weighted by atomic mass is 10.0. The molecule has 1 saturated heterocycles. The van der Waals surface area contributed by atoms with Crippen molar-refractivity contribution in [2.45, 2.75) is 51.2 Å². The van der Waals surface area contributed by atoms with E-state index < -0.39 is 47.6 Å². The first-order chi connectivity index (χ1) is 19.8. The van der Waals surface area contributed by atoms with Gasteiger partial charge in [-0.25, -0.2) is 4.79 Å². The number of amides is 1. The lowest BCUT2D eigenvalue weighted by Crippen LogP contribution is -2.47. The van der Waals surface area contributed by atoms with Gasteiger partial charge >= 0.3 is 18.3 Å². The van der Waals surface area contributed by atoms with Crippen molar-refractivity contribution in [3.8, 4) is 11.5 Å². The average Bonchev–Trinajstić information content (AvgIpc) is 3.30. The van der Waals surface area contributed by atoms with E-state index in [-0.39, 0.29) is 35.0 Å². The third kappa shape index (κ3) is 7.20. The largest absolute Gasteiger partial charge is 0.493 e. The summed E-state index contributed by atoms with van der Waals surface area (Å²) in [4.78, 5) is 31.3. The van der Waals surface area contributed by atoms with Gasteiger partial charge in [-0.1, -0.05) is 12.1 Å². The van der Waals surface area contributed by atoms with Crippen LogP contribution in [0.1, 0.15) is 48.4 Å². The number of likely N-dealkylation sites (tertiary alicyclic amines) is 1. The number of piperidine rings is 1. The van der Waals surface area contributed by atoms with Gasteiger partial charge in [0.05, 0.1) is 29.7 Å². The lowest BCUT2D eigenvalue weighted by molar-refractivity contribution is -0.149. The smallest absolute Gasteiger partial charge is 0.416 e. The number of thioether (sulfide) groups is 1. The Balaban J connectivity index is 1.50. The molecule has 7 nitrogen and oxygen atoms in total. The minimum Gasteiger partial charge on any atom is -0.493 e. The van der Waals surface area contributed by atoms with Gasteiger partial charge in [0, 0.05) is 12.1 Å². The fraction of sp³-hybridized carbons (Fsp3) is 0.393. The predicted octanol–water partition coefficient (Wildman–Crippen LogP) is 6.70. The molecule has 14 heteroatoms.